The minimum Gasteiger partial charge on any atom is -0.394 e. The first-order valence-corrected chi connectivity index (χ1v) is 24.1. The van der Waals surface area contributed by atoms with Crippen LogP contribution in [0.3, 0.4) is 0 Å². The lowest BCUT2D eigenvalue weighted by molar-refractivity contribution is -0.387. The minimum atomic E-state index is -1.86. The van der Waals surface area contributed by atoms with Gasteiger partial charge in [-0.15, -0.1) is 0 Å². The van der Waals surface area contributed by atoms with Gasteiger partial charge in [0.1, 0.15) is 67.1 Å². The standard InChI is InChI=1S/C47H76O18/c1-21(2)14-22-15-45(7,57)38-23-8-9-28-43(5)12-11-29(42(3,4)27(43)10-13-44(28,6)46(23)19-47(38,65-22)58-20-46)62-41-37(64-39-34(55)31(52)25(17-49)60-39)36(32(53)26(18-50)61-41)63-40-35(56)33(54)30(51)24(16-48)59-40/h14,22-41,48-57H,8-13,15-20H2,1-7H3/t22?,23?,24?,25-,26?,27?,28?,29-,30+,31?,32+,33?,34-,35-,36?,37-,38?,39-,40-,41-,43-,44+,45?,46-,47-/m0/s1. The third-order valence-electron chi connectivity index (χ3n) is 18.8. The Morgan fingerprint density at radius 1 is 0.646 bits per heavy atom. The third-order valence-corrected chi connectivity index (χ3v) is 18.8. The summed E-state index contributed by atoms with van der Waals surface area (Å²) in [5.74, 6) is -0.184. The fourth-order valence-corrected chi connectivity index (χ4v) is 15.9. The molecule has 0 aromatic carbocycles. The van der Waals surface area contributed by atoms with Gasteiger partial charge in [-0.05, 0) is 93.3 Å². The van der Waals surface area contributed by atoms with Crippen molar-refractivity contribution in [1.82, 2.24) is 0 Å². The Morgan fingerprint density at radius 3 is 1.86 bits per heavy atom. The molecule has 18 nitrogen and oxygen atoms in total. The lowest BCUT2D eigenvalue weighted by Gasteiger charge is -2.70. The summed E-state index contributed by atoms with van der Waals surface area (Å²) in [4.78, 5) is 0. The van der Waals surface area contributed by atoms with E-state index in [1.807, 2.05) is 6.92 Å². The van der Waals surface area contributed by atoms with E-state index in [1.165, 1.54) is 0 Å². The van der Waals surface area contributed by atoms with Crippen LogP contribution in [-0.2, 0) is 37.9 Å². The maximum absolute atomic E-state index is 12.2. The van der Waals surface area contributed by atoms with Gasteiger partial charge in [0.2, 0.25) is 0 Å². The Kier molecular flexibility index (Phi) is 12.9. The zero-order valence-corrected chi connectivity index (χ0v) is 38.8. The van der Waals surface area contributed by atoms with Crippen molar-refractivity contribution in [3.63, 3.8) is 0 Å². The quantitative estimate of drug-likeness (QED) is 0.102. The zero-order valence-electron chi connectivity index (χ0n) is 38.8. The van der Waals surface area contributed by atoms with E-state index in [9.17, 15) is 51.1 Å². The summed E-state index contributed by atoms with van der Waals surface area (Å²) < 4.78 is 50.9. The molecule has 65 heavy (non-hydrogen) atoms. The van der Waals surface area contributed by atoms with Crippen LogP contribution < -0.4 is 0 Å². The van der Waals surface area contributed by atoms with Gasteiger partial charge in [-0.1, -0.05) is 39.3 Å². The Labute approximate surface area is 381 Å². The van der Waals surface area contributed by atoms with Crippen LogP contribution in [0.15, 0.2) is 11.6 Å². The fourth-order valence-electron chi connectivity index (χ4n) is 15.9. The highest BCUT2D eigenvalue weighted by molar-refractivity contribution is 5.26. The van der Waals surface area contributed by atoms with Gasteiger partial charge in [0.05, 0.1) is 44.2 Å². The van der Waals surface area contributed by atoms with Crippen LogP contribution in [0, 0.1) is 45.3 Å². The molecule has 9 aliphatic rings. The van der Waals surface area contributed by atoms with E-state index in [-0.39, 0.29) is 40.1 Å². The van der Waals surface area contributed by atoms with Crippen LogP contribution in [0.2, 0.25) is 0 Å². The first-order chi connectivity index (χ1) is 30.5. The maximum atomic E-state index is 12.2. The Bertz CT molecular complexity index is 1760. The summed E-state index contributed by atoms with van der Waals surface area (Å²) in [6.45, 7) is 13.9. The van der Waals surface area contributed by atoms with Crippen molar-refractivity contribution < 1.29 is 89.0 Å². The molecule has 0 amide bonds. The Balaban J connectivity index is 0.991. The summed E-state index contributed by atoms with van der Waals surface area (Å²) in [5.41, 5.74) is -0.668. The summed E-state index contributed by atoms with van der Waals surface area (Å²) in [6, 6.07) is 0. The molecule has 9 rings (SSSR count). The van der Waals surface area contributed by atoms with Crippen LogP contribution >= 0.6 is 0 Å². The highest BCUT2D eigenvalue weighted by Crippen LogP contribution is 2.80. The maximum Gasteiger partial charge on any atom is 0.187 e. The molecule has 18 heteroatoms. The second-order valence-electron chi connectivity index (χ2n) is 22.9. The third kappa shape index (κ3) is 7.40. The van der Waals surface area contributed by atoms with Crippen molar-refractivity contribution in [2.75, 3.05) is 26.4 Å². The monoisotopic (exact) mass is 929 g/mol. The highest BCUT2D eigenvalue weighted by Gasteiger charge is 2.81. The SMILES string of the molecule is CC(C)=CC1CC(C)(O)C2C3CCC4[C@@]5(C)CC[C@H](O[C@@H]6OC(CO)[C@@H](O)C(O[C@@H]7OC(CO)[C@@H](O)C(O)[C@@H]7O)[C@@H]6O[C@@H]6O[C@@H](CO)C(O)[C@@H]6O)C(C)(C)C5CC[C@@]4(C)[C@@]34CO[C@@]2(C4)O1. The number of fused-ring (bicyclic) bond motifs is 4. The molecule has 9 fully saturated rings. The number of ether oxygens (including phenoxy) is 8. The van der Waals surface area contributed by atoms with Gasteiger partial charge < -0.3 is 89.0 Å². The lowest BCUT2D eigenvalue weighted by Crippen LogP contribution is -2.68. The molecule has 0 aromatic heterocycles. The number of aliphatic hydroxyl groups excluding tert-OH is 9. The molecule has 2 bridgehead atoms. The van der Waals surface area contributed by atoms with Gasteiger partial charge in [-0.3, -0.25) is 0 Å². The molecular formula is C47H76O18. The van der Waals surface area contributed by atoms with Gasteiger partial charge in [-0.25, -0.2) is 0 Å². The molecule has 4 aliphatic carbocycles. The van der Waals surface area contributed by atoms with Gasteiger partial charge in [-0.2, -0.15) is 0 Å². The molecule has 2 spiro atoms. The van der Waals surface area contributed by atoms with Crippen LogP contribution in [0.5, 0.6) is 0 Å². The van der Waals surface area contributed by atoms with E-state index >= 15 is 0 Å². The topological polar surface area (TPSA) is 276 Å². The first-order valence-electron chi connectivity index (χ1n) is 24.1. The molecule has 5 heterocycles. The van der Waals surface area contributed by atoms with E-state index in [0.29, 0.717) is 25.4 Å². The summed E-state index contributed by atoms with van der Waals surface area (Å²) in [5, 5.41) is 108. The van der Waals surface area contributed by atoms with E-state index in [2.05, 4.69) is 47.6 Å². The Hall–Kier alpha value is -0.980. The number of hydrogen-bond donors (Lipinski definition) is 10. The molecule has 10 N–H and O–H groups in total. The van der Waals surface area contributed by atoms with Crippen LogP contribution in [-0.4, -0.2) is 187 Å². The predicted molar refractivity (Wildman–Crippen MR) is 225 cm³/mol. The van der Waals surface area contributed by atoms with Gasteiger partial charge >= 0.3 is 0 Å². The van der Waals surface area contributed by atoms with Gasteiger partial charge in [0.25, 0.3) is 0 Å². The Morgan fingerprint density at radius 2 is 1.23 bits per heavy atom. The van der Waals surface area contributed by atoms with Crippen molar-refractivity contribution in [2.45, 2.75) is 209 Å². The van der Waals surface area contributed by atoms with Crippen LogP contribution in [0.1, 0.15) is 99.8 Å². The van der Waals surface area contributed by atoms with Crippen molar-refractivity contribution in [3.05, 3.63) is 11.6 Å². The van der Waals surface area contributed by atoms with E-state index in [4.69, 9.17) is 37.9 Å². The average molecular weight is 929 g/mol. The molecule has 11 unspecified atom stereocenters. The normalized spacial score (nSPS) is 56.9. The molecule has 0 aromatic rings. The molecule has 5 aliphatic heterocycles. The smallest absolute Gasteiger partial charge is 0.187 e. The van der Waals surface area contributed by atoms with Crippen molar-refractivity contribution >= 4 is 0 Å². The van der Waals surface area contributed by atoms with Gasteiger partial charge in [0, 0.05) is 24.2 Å². The van der Waals surface area contributed by atoms with Crippen LogP contribution in [0.25, 0.3) is 0 Å². The lowest BCUT2D eigenvalue weighted by atomic mass is 9.35. The van der Waals surface area contributed by atoms with Crippen molar-refractivity contribution in [2.24, 2.45) is 45.3 Å². The number of aliphatic hydroxyl groups is 10. The first kappa shape index (κ1) is 49.0. The average Bonchev–Trinajstić information content (AvgIpc) is 3.86. The van der Waals surface area contributed by atoms with Crippen molar-refractivity contribution in [1.29, 1.82) is 0 Å². The molecule has 5 saturated heterocycles. The van der Waals surface area contributed by atoms with E-state index in [0.717, 1.165) is 44.1 Å². The molecule has 372 valence electrons. The summed E-state index contributed by atoms with van der Waals surface area (Å²) in [7, 11) is 0. The largest absolute Gasteiger partial charge is 0.394 e. The van der Waals surface area contributed by atoms with Crippen molar-refractivity contribution in [3.8, 4) is 0 Å². The predicted octanol–water partition coefficient (Wildman–Crippen LogP) is -0.0333. The number of hydrogen-bond acceptors (Lipinski definition) is 18. The second kappa shape index (κ2) is 17.1. The van der Waals surface area contributed by atoms with Gasteiger partial charge in [0.15, 0.2) is 24.7 Å². The number of rotatable bonds is 10. The van der Waals surface area contributed by atoms with Crippen LogP contribution in [0.4, 0.5) is 0 Å². The van der Waals surface area contributed by atoms with E-state index < -0.39 is 129 Å². The summed E-state index contributed by atoms with van der Waals surface area (Å²) in [6.07, 6.45) is -14.0. The molecule has 0 radical (unpaired) electrons. The highest BCUT2D eigenvalue weighted by atomic mass is 16.8. The second-order valence-corrected chi connectivity index (χ2v) is 22.9. The zero-order chi connectivity index (χ0) is 47.0. The molecule has 4 saturated carbocycles. The minimum absolute atomic E-state index is 0.0960. The molecular weight excluding hydrogens is 852 g/mol. The van der Waals surface area contributed by atoms with E-state index in [1.54, 1.807) is 0 Å². The fraction of sp³-hybridized carbons (Fsp3) is 0.957. The number of allylic oxidation sites excluding steroid dienone is 1. The molecule has 25 atom stereocenters. The summed E-state index contributed by atoms with van der Waals surface area (Å²) >= 11 is 0.